The van der Waals surface area contributed by atoms with Gasteiger partial charge in [0.05, 0.1) is 5.02 Å². The minimum absolute atomic E-state index is 0.0259. The van der Waals surface area contributed by atoms with E-state index in [-0.39, 0.29) is 11.8 Å². The Bertz CT molecular complexity index is 364. The maximum absolute atomic E-state index is 9.34. The summed E-state index contributed by atoms with van der Waals surface area (Å²) in [5, 5.41) is 9.70. The monoisotopic (exact) mass is 241 g/mol. The van der Waals surface area contributed by atoms with Crippen molar-refractivity contribution in [2.45, 2.75) is 18.9 Å². The maximum Gasteiger partial charge on any atom is 0.134 e. The van der Waals surface area contributed by atoms with Crippen molar-refractivity contribution in [3.8, 4) is 5.75 Å². The van der Waals surface area contributed by atoms with E-state index in [0.29, 0.717) is 10.9 Å². The highest BCUT2D eigenvalue weighted by Gasteiger charge is 2.22. The van der Waals surface area contributed by atoms with Gasteiger partial charge in [-0.1, -0.05) is 17.7 Å². The fourth-order valence-corrected chi connectivity index (χ4v) is 2.27. The zero-order valence-corrected chi connectivity index (χ0v) is 9.78. The summed E-state index contributed by atoms with van der Waals surface area (Å²) in [6.07, 6.45) is 1.97. The number of hydrogen-bond acceptors (Lipinski definition) is 3. The van der Waals surface area contributed by atoms with Crippen molar-refractivity contribution < 1.29 is 9.84 Å². The summed E-state index contributed by atoms with van der Waals surface area (Å²) >= 11 is 5.87. The first-order chi connectivity index (χ1) is 7.68. The van der Waals surface area contributed by atoms with Crippen molar-refractivity contribution >= 4 is 11.6 Å². The van der Waals surface area contributed by atoms with Crippen LogP contribution in [0.5, 0.6) is 5.75 Å². The summed E-state index contributed by atoms with van der Waals surface area (Å²) < 4.78 is 5.31. The Balaban J connectivity index is 2.12. The van der Waals surface area contributed by atoms with E-state index in [1.165, 1.54) is 0 Å². The third-order valence-electron chi connectivity index (χ3n) is 3.13. The number of phenolic OH excluding ortho intramolecular Hbond substituents is 1. The number of aromatic hydroxyl groups is 1. The number of benzene rings is 1. The van der Waals surface area contributed by atoms with Crippen LogP contribution in [0, 0.1) is 5.92 Å². The van der Waals surface area contributed by atoms with Crippen molar-refractivity contribution in [1.82, 2.24) is 0 Å². The first-order valence-corrected chi connectivity index (χ1v) is 5.88. The third-order valence-corrected chi connectivity index (χ3v) is 3.43. The number of halogens is 1. The predicted molar refractivity (Wildman–Crippen MR) is 63.6 cm³/mol. The van der Waals surface area contributed by atoms with E-state index in [1.54, 1.807) is 12.1 Å². The van der Waals surface area contributed by atoms with Gasteiger partial charge in [0, 0.05) is 19.3 Å². The molecule has 1 heterocycles. The van der Waals surface area contributed by atoms with Crippen LogP contribution >= 0.6 is 11.6 Å². The van der Waals surface area contributed by atoms with Crippen LogP contribution in [-0.4, -0.2) is 18.3 Å². The molecule has 0 saturated carbocycles. The lowest BCUT2D eigenvalue weighted by Crippen LogP contribution is -2.27. The maximum atomic E-state index is 9.34. The van der Waals surface area contributed by atoms with Crippen molar-refractivity contribution in [2.24, 2.45) is 11.7 Å². The molecule has 1 aromatic carbocycles. The minimum Gasteiger partial charge on any atom is -0.506 e. The molecule has 3 N–H and O–H groups in total. The second-order valence-corrected chi connectivity index (χ2v) is 4.59. The normalized spacial score (nSPS) is 19.6. The number of rotatable bonds is 2. The van der Waals surface area contributed by atoms with Gasteiger partial charge in [-0.3, -0.25) is 0 Å². The second kappa shape index (κ2) is 5.04. The van der Waals surface area contributed by atoms with Crippen LogP contribution < -0.4 is 5.73 Å². The van der Waals surface area contributed by atoms with Crippen molar-refractivity contribution in [1.29, 1.82) is 0 Å². The standard InChI is InChI=1S/C12H16ClNO2/c13-10-7-9(1-2-11(10)15)12(14)8-3-5-16-6-4-8/h1-2,7-8,12,15H,3-6,14H2/t12-/m1/s1. The Morgan fingerprint density at radius 2 is 2.06 bits per heavy atom. The molecule has 4 heteroatoms. The molecule has 1 aliphatic rings. The van der Waals surface area contributed by atoms with Crippen molar-refractivity contribution in [2.75, 3.05) is 13.2 Å². The van der Waals surface area contributed by atoms with E-state index >= 15 is 0 Å². The van der Waals surface area contributed by atoms with Gasteiger partial charge in [-0.15, -0.1) is 0 Å². The second-order valence-electron chi connectivity index (χ2n) is 4.19. The number of nitrogens with two attached hydrogens (primary N) is 1. The van der Waals surface area contributed by atoms with Crippen LogP contribution in [0.25, 0.3) is 0 Å². The van der Waals surface area contributed by atoms with Gasteiger partial charge in [-0.05, 0) is 36.5 Å². The highest BCUT2D eigenvalue weighted by molar-refractivity contribution is 6.32. The molecular formula is C12H16ClNO2. The molecule has 3 nitrogen and oxygen atoms in total. The molecule has 2 rings (SSSR count). The van der Waals surface area contributed by atoms with Crippen LogP contribution in [0.2, 0.25) is 5.02 Å². The number of ether oxygens (including phenoxy) is 1. The van der Waals surface area contributed by atoms with Crippen LogP contribution in [0.1, 0.15) is 24.4 Å². The Morgan fingerprint density at radius 3 is 2.69 bits per heavy atom. The molecule has 16 heavy (non-hydrogen) atoms. The molecule has 1 saturated heterocycles. The lowest BCUT2D eigenvalue weighted by atomic mass is 9.88. The number of phenols is 1. The predicted octanol–water partition coefficient (Wildman–Crippen LogP) is 2.47. The molecule has 88 valence electrons. The molecule has 0 spiro atoms. The molecule has 0 radical (unpaired) electrons. The minimum atomic E-state index is -0.0259. The SMILES string of the molecule is N[C@@H](c1ccc(O)c(Cl)c1)C1CCOCC1. The van der Waals surface area contributed by atoms with Gasteiger partial charge in [0.1, 0.15) is 5.75 Å². The quantitative estimate of drug-likeness (QED) is 0.836. The average molecular weight is 242 g/mol. The fraction of sp³-hybridized carbons (Fsp3) is 0.500. The van der Waals surface area contributed by atoms with Crippen LogP contribution in [0.4, 0.5) is 0 Å². The molecule has 1 aromatic rings. The van der Waals surface area contributed by atoms with Crippen LogP contribution in [0.3, 0.4) is 0 Å². The van der Waals surface area contributed by atoms with Gasteiger partial charge in [0.15, 0.2) is 0 Å². The van der Waals surface area contributed by atoms with Gasteiger partial charge in [0.2, 0.25) is 0 Å². The molecule has 1 aliphatic heterocycles. The summed E-state index contributed by atoms with van der Waals surface area (Å²) in [5.41, 5.74) is 7.17. The lowest BCUT2D eigenvalue weighted by molar-refractivity contribution is 0.0584. The molecular weight excluding hydrogens is 226 g/mol. The molecule has 0 aliphatic carbocycles. The Morgan fingerprint density at radius 1 is 1.38 bits per heavy atom. The van der Waals surface area contributed by atoms with Crippen molar-refractivity contribution in [3.63, 3.8) is 0 Å². The molecule has 0 aromatic heterocycles. The average Bonchev–Trinajstić information content (AvgIpc) is 2.33. The van der Waals surface area contributed by atoms with Gasteiger partial charge in [0.25, 0.3) is 0 Å². The van der Waals surface area contributed by atoms with Gasteiger partial charge >= 0.3 is 0 Å². The van der Waals surface area contributed by atoms with Gasteiger partial charge in [-0.25, -0.2) is 0 Å². The Kier molecular flexibility index (Phi) is 3.69. The zero-order valence-electron chi connectivity index (χ0n) is 9.03. The van der Waals surface area contributed by atoms with E-state index in [1.807, 2.05) is 6.07 Å². The van der Waals surface area contributed by atoms with E-state index in [0.717, 1.165) is 31.6 Å². The largest absolute Gasteiger partial charge is 0.506 e. The molecule has 1 atom stereocenters. The van der Waals surface area contributed by atoms with E-state index in [4.69, 9.17) is 22.1 Å². The third kappa shape index (κ3) is 2.48. The Hall–Kier alpha value is -0.770. The van der Waals surface area contributed by atoms with Gasteiger partial charge in [-0.2, -0.15) is 0 Å². The highest BCUT2D eigenvalue weighted by atomic mass is 35.5. The van der Waals surface area contributed by atoms with E-state index in [2.05, 4.69) is 0 Å². The first kappa shape index (κ1) is 11.7. The summed E-state index contributed by atoms with van der Waals surface area (Å²) in [7, 11) is 0. The highest BCUT2D eigenvalue weighted by Crippen LogP contribution is 2.32. The summed E-state index contributed by atoms with van der Waals surface area (Å²) in [6, 6.07) is 5.15. The number of hydrogen-bond donors (Lipinski definition) is 2. The smallest absolute Gasteiger partial charge is 0.134 e. The van der Waals surface area contributed by atoms with E-state index in [9.17, 15) is 5.11 Å². The molecule has 0 amide bonds. The molecule has 0 bridgehead atoms. The molecule has 1 fully saturated rings. The van der Waals surface area contributed by atoms with E-state index < -0.39 is 0 Å². The van der Waals surface area contributed by atoms with Crippen molar-refractivity contribution in [3.05, 3.63) is 28.8 Å². The van der Waals surface area contributed by atoms with Crippen LogP contribution in [-0.2, 0) is 4.74 Å². The topological polar surface area (TPSA) is 55.5 Å². The van der Waals surface area contributed by atoms with Crippen LogP contribution in [0.15, 0.2) is 18.2 Å². The Labute approximate surface area is 100 Å². The summed E-state index contributed by atoms with van der Waals surface area (Å²) in [6.45, 7) is 1.56. The van der Waals surface area contributed by atoms with Gasteiger partial charge < -0.3 is 15.6 Å². The lowest BCUT2D eigenvalue weighted by Gasteiger charge is -2.28. The summed E-state index contributed by atoms with van der Waals surface area (Å²) in [5.74, 6) is 0.541. The first-order valence-electron chi connectivity index (χ1n) is 5.50. The molecule has 0 unspecified atom stereocenters. The fourth-order valence-electron chi connectivity index (χ4n) is 2.08. The summed E-state index contributed by atoms with van der Waals surface area (Å²) in [4.78, 5) is 0. The zero-order chi connectivity index (χ0) is 11.5.